The maximum atomic E-state index is 13.1. The van der Waals surface area contributed by atoms with Crippen molar-refractivity contribution in [2.24, 2.45) is 0 Å². The maximum Gasteiger partial charge on any atom is 0.253 e. The number of rotatable bonds is 6. The summed E-state index contributed by atoms with van der Waals surface area (Å²) in [5, 5.41) is 1.08. The van der Waals surface area contributed by atoms with Crippen LogP contribution in [0.3, 0.4) is 0 Å². The van der Waals surface area contributed by atoms with Crippen molar-refractivity contribution >= 4 is 37.5 Å². The van der Waals surface area contributed by atoms with Gasteiger partial charge in [0.05, 0.1) is 26.2 Å². The molecule has 2 aliphatic rings. The number of carbonyl (C=O) groups is 1. The van der Waals surface area contributed by atoms with Crippen molar-refractivity contribution in [3.05, 3.63) is 59.1 Å². The lowest BCUT2D eigenvalue weighted by Crippen LogP contribution is -2.39. The Kier molecular flexibility index (Phi) is 6.47. The number of nitrogens with zero attached hydrogens (tertiary/aromatic N) is 2. The molecule has 0 unspecified atom stereocenters. The number of benzene rings is 2. The molecule has 5 rings (SSSR count). The van der Waals surface area contributed by atoms with E-state index < -0.39 is 10.0 Å². The van der Waals surface area contributed by atoms with E-state index in [1.807, 2.05) is 23.1 Å². The third-order valence-electron chi connectivity index (χ3n) is 6.30. The van der Waals surface area contributed by atoms with Gasteiger partial charge in [-0.3, -0.25) is 4.79 Å². The van der Waals surface area contributed by atoms with Gasteiger partial charge in [0.2, 0.25) is 10.0 Å². The van der Waals surface area contributed by atoms with Gasteiger partial charge in [0.25, 0.3) is 5.91 Å². The Morgan fingerprint density at radius 3 is 2.70 bits per heavy atom. The van der Waals surface area contributed by atoms with Crippen LogP contribution in [0.15, 0.2) is 53.4 Å². The van der Waals surface area contributed by atoms with E-state index in [4.69, 9.17) is 9.72 Å². The predicted molar refractivity (Wildman–Crippen MR) is 128 cm³/mol. The van der Waals surface area contributed by atoms with Gasteiger partial charge in [-0.05, 0) is 62.1 Å². The number of sulfonamides is 1. The molecule has 174 valence electrons. The number of fused-ring (bicyclic) bond motifs is 1. The highest BCUT2D eigenvalue weighted by Gasteiger charge is 2.28. The SMILES string of the molecule is O=C(c1ccc(S(=O)(=O)NC[C@H]2CCCO2)cc1)N1CCC[C@H](c2nc3ccccc3s2)C1. The molecule has 0 radical (unpaired) electrons. The topological polar surface area (TPSA) is 88.6 Å². The molecule has 2 atom stereocenters. The van der Waals surface area contributed by atoms with Gasteiger partial charge in [-0.2, -0.15) is 0 Å². The summed E-state index contributed by atoms with van der Waals surface area (Å²) in [5.41, 5.74) is 1.50. The average molecular weight is 486 g/mol. The van der Waals surface area contributed by atoms with Crippen molar-refractivity contribution in [1.82, 2.24) is 14.6 Å². The zero-order valence-electron chi connectivity index (χ0n) is 18.3. The number of hydrogen-bond acceptors (Lipinski definition) is 6. The Bertz CT molecular complexity index is 1200. The molecule has 1 aromatic heterocycles. The second kappa shape index (κ2) is 9.50. The molecule has 9 heteroatoms. The molecular weight excluding hydrogens is 458 g/mol. The standard InChI is InChI=1S/C24H27N3O4S2/c28-24(17-9-11-20(12-10-17)33(29,30)25-15-19-6-4-14-31-19)27-13-3-5-18(16-27)23-26-21-7-1-2-8-22(21)32-23/h1-2,7-12,18-19,25H,3-6,13-16H2/t18-,19+/m0/s1. The first-order valence-corrected chi connectivity index (χ1v) is 13.7. The van der Waals surface area contributed by atoms with Crippen LogP contribution in [-0.4, -0.2) is 56.6 Å². The number of carbonyl (C=O) groups excluding carboxylic acids is 1. The van der Waals surface area contributed by atoms with E-state index in [2.05, 4.69) is 10.8 Å². The molecule has 33 heavy (non-hydrogen) atoms. The number of nitrogens with one attached hydrogen (secondary N) is 1. The molecule has 1 N–H and O–H groups in total. The van der Waals surface area contributed by atoms with Gasteiger partial charge in [0, 0.05) is 37.7 Å². The third kappa shape index (κ3) is 4.96. The van der Waals surface area contributed by atoms with E-state index in [0.29, 0.717) is 25.3 Å². The summed E-state index contributed by atoms with van der Waals surface area (Å²) in [6, 6.07) is 14.3. The number of thiazole rings is 1. The van der Waals surface area contributed by atoms with Crippen molar-refractivity contribution in [2.45, 2.75) is 42.6 Å². The zero-order chi connectivity index (χ0) is 22.8. The van der Waals surface area contributed by atoms with Gasteiger partial charge >= 0.3 is 0 Å². The monoisotopic (exact) mass is 485 g/mol. The Balaban J connectivity index is 1.25. The number of para-hydroxylation sites is 1. The van der Waals surface area contributed by atoms with Gasteiger partial charge in [-0.25, -0.2) is 18.1 Å². The summed E-state index contributed by atoms with van der Waals surface area (Å²) in [5.74, 6) is 0.152. The Hall–Kier alpha value is -2.33. The molecule has 0 saturated carbocycles. The van der Waals surface area contributed by atoms with E-state index in [0.717, 1.165) is 36.2 Å². The molecule has 3 aromatic rings. The molecule has 2 saturated heterocycles. The fraction of sp³-hybridized carbons (Fsp3) is 0.417. The summed E-state index contributed by atoms with van der Waals surface area (Å²) < 4.78 is 34.4. The van der Waals surface area contributed by atoms with Gasteiger partial charge in [-0.15, -0.1) is 11.3 Å². The van der Waals surface area contributed by atoms with Crippen LogP contribution in [0, 0.1) is 0 Å². The second-order valence-corrected chi connectivity index (χ2v) is 11.5. The van der Waals surface area contributed by atoms with Crippen molar-refractivity contribution in [2.75, 3.05) is 26.2 Å². The van der Waals surface area contributed by atoms with Crippen LogP contribution in [0.5, 0.6) is 0 Å². The van der Waals surface area contributed by atoms with Gasteiger partial charge in [0.1, 0.15) is 0 Å². The van der Waals surface area contributed by atoms with E-state index in [1.54, 1.807) is 23.5 Å². The summed E-state index contributed by atoms with van der Waals surface area (Å²) in [7, 11) is -3.63. The van der Waals surface area contributed by atoms with E-state index in [-0.39, 0.29) is 29.4 Å². The highest BCUT2D eigenvalue weighted by atomic mass is 32.2. The van der Waals surface area contributed by atoms with Crippen LogP contribution in [-0.2, 0) is 14.8 Å². The summed E-state index contributed by atoms with van der Waals surface area (Å²) >= 11 is 1.70. The molecule has 2 aromatic carbocycles. The molecule has 2 fully saturated rings. The molecule has 0 bridgehead atoms. The molecule has 1 amide bonds. The maximum absolute atomic E-state index is 13.1. The minimum absolute atomic E-state index is 0.0666. The Morgan fingerprint density at radius 2 is 1.94 bits per heavy atom. The molecule has 2 aliphatic heterocycles. The minimum atomic E-state index is -3.63. The number of hydrogen-bond donors (Lipinski definition) is 1. The van der Waals surface area contributed by atoms with Crippen LogP contribution in [0.2, 0.25) is 0 Å². The van der Waals surface area contributed by atoms with Crippen LogP contribution in [0.4, 0.5) is 0 Å². The zero-order valence-corrected chi connectivity index (χ0v) is 19.9. The van der Waals surface area contributed by atoms with E-state index in [1.165, 1.54) is 16.8 Å². The largest absolute Gasteiger partial charge is 0.377 e. The van der Waals surface area contributed by atoms with Crippen LogP contribution >= 0.6 is 11.3 Å². The molecular formula is C24H27N3O4S2. The predicted octanol–water partition coefficient (Wildman–Crippen LogP) is 3.77. The van der Waals surface area contributed by atoms with Crippen LogP contribution in [0.1, 0.15) is 47.0 Å². The number of ether oxygens (including phenoxy) is 1. The Labute approximate surface area is 197 Å². The lowest BCUT2D eigenvalue weighted by molar-refractivity contribution is 0.0707. The van der Waals surface area contributed by atoms with Crippen LogP contribution in [0.25, 0.3) is 10.2 Å². The van der Waals surface area contributed by atoms with Crippen molar-refractivity contribution < 1.29 is 17.9 Å². The number of amides is 1. The van der Waals surface area contributed by atoms with Crippen molar-refractivity contribution in [3.63, 3.8) is 0 Å². The number of likely N-dealkylation sites (tertiary alicyclic amines) is 1. The van der Waals surface area contributed by atoms with E-state index in [9.17, 15) is 13.2 Å². The fourth-order valence-corrected chi connectivity index (χ4v) is 6.64. The van der Waals surface area contributed by atoms with Crippen LogP contribution < -0.4 is 4.72 Å². The van der Waals surface area contributed by atoms with Crippen molar-refractivity contribution in [3.8, 4) is 0 Å². The molecule has 0 spiro atoms. The van der Waals surface area contributed by atoms with Gasteiger partial charge in [0.15, 0.2) is 0 Å². The summed E-state index contributed by atoms with van der Waals surface area (Å²) in [4.78, 5) is 19.9. The first kappa shape index (κ1) is 22.5. The smallest absolute Gasteiger partial charge is 0.253 e. The summed E-state index contributed by atoms with van der Waals surface area (Å²) in [6.07, 6.45) is 3.69. The lowest BCUT2D eigenvalue weighted by atomic mass is 9.98. The normalized spacial score (nSPS) is 21.5. The highest BCUT2D eigenvalue weighted by molar-refractivity contribution is 7.89. The minimum Gasteiger partial charge on any atom is -0.377 e. The highest BCUT2D eigenvalue weighted by Crippen LogP contribution is 2.33. The van der Waals surface area contributed by atoms with E-state index >= 15 is 0 Å². The summed E-state index contributed by atoms with van der Waals surface area (Å²) in [6.45, 7) is 2.27. The average Bonchev–Trinajstić information content (AvgIpc) is 3.52. The Morgan fingerprint density at radius 1 is 1.12 bits per heavy atom. The second-order valence-electron chi connectivity index (χ2n) is 8.62. The first-order chi connectivity index (χ1) is 16.0. The quantitative estimate of drug-likeness (QED) is 0.574. The van der Waals surface area contributed by atoms with Gasteiger partial charge in [-0.1, -0.05) is 12.1 Å². The third-order valence-corrected chi connectivity index (χ3v) is 8.94. The fourth-order valence-electron chi connectivity index (χ4n) is 4.48. The van der Waals surface area contributed by atoms with Gasteiger partial charge < -0.3 is 9.64 Å². The number of piperidine rings is 1. The number of aromatic nitrogens is 1. The molecule has 3 heterocycles. The first-order valence-electron chi connectivity index (χ1n) is 11.4. The van der Waals surface area contributed by atoms with Crippen molar-refractivity contribution in [1.29, 1.82) is 0 Å². The lowest BCUT2D eigenvalue weighted by Gasteiger charge is -2.32. The molecule has 7 nitrogen and oxygen atoms in total. The molecule has 0 aliphatic carbocycles.